The van der Waals surface area contributed by atoms with Crippen molar-refractivity contribution in [3.05, 3.63) is 28.6 Å². The first kappa shape index (κ1) is 19.9. The van der Waals surface area contributed by atoms with E-state index < -0.39 is 23.7 Å². The van der Waals surface area contributed by atoms with E-state index in [0.29, 0.717) is 5.56 Å². The molecule has 22 heavy (non-hydrogen) atoms. The molecule has 124 valence electrons. The summed E-state index contributed by atoms with van der Waals surface area (Å²) >= 11 is 0. The highest BCUT2D eigenvalue weighted by atomic mass is 19.1. The molecule has 0 radical (unpaired) electrons. The highest BCUT2D eigenvalue weighted by Crippen LogP contribution is 2.29. The van der Waals surface area contributed by atoms with E-state index >= 15 is 0 Å². The van der Waals surface area contributed by atoms with Gasteiger partial charge >= 0.3 is 5.97 Å². The summed E-state index contributed by atoms with van der Waals surface area (Å²) in [5.41, 5.74) is 6.32. The zero-order chi connectivity index (χ0) is 17.4. The van der Waals surface area contributed by atoms with Gasteiger partial charge in [0.25, 0.3) is 5.91 Å². The molecule has 1 aromatic rings. The minimum atomic E-state index is -1.21. The predicted octanol–water partition coefficient (Wildman–Crippen LogP) is 1.48. The fourth-order valence-corrected chi connectivity index (χ4v) is 1.92. The quantitative estimate of drug-likeness (QED) is 0.764. The van der Waals surface area contributed by atoms with Gasteiger partial charge in [0, 0.05) is 24.6 Å². The van der Waals surface area contributed by atoms with Crippen molar-refractivity contribution in [3.63, 3.8) is 0 Å². The summed E-state index contributed by atoms with van der Waals surface area (Å²) in [4.78, 5) is 22.5. The van der Waals surface area contributed by atoms with Crippen LogP contribution in [0.2, 0.25) is 0 Å². The number of hydrogen-bond donors (Lipinski definition) is 3. The molecule has 1 amide bonds. The monoisotopic (exact) mass is 314 g/mol. The molecule has 0 bridgehead atoms. The highest BCUT2D eigenvalue weighted by molar-refractivity contribution is 5.96. The Morgan fingerprint density at radius 1 is 1.45 bits per heavy atom. The van der Waals surface area contributed by atoms with Crippen LogP contribution in [0.25, 0.3) is 0 Å². The second-order valence-electron chi connectivity index (χ2n) is 4.27. The predicted molar refractivity (Wildman–Crippen MR) is 81.7 cm³/mol. The third-order valence-electron chi connectivity index (χ3n) is 3.04. The second-order valence-corrected chi connectivity index (χ2v) is 4.27. The summed E-state index contributed by atoms with van der Waals surface area (Å²) in [5, 5.41) is 11.2. The van der Waals surface area contributed by atoms with Crippen molar-refractivity contribution in [1.82, 2.24) is 5.32 Å². The van der Waals surface area contributed by atoms with E-state index in [4.69, 9.17) is 15.6 Å². The smallest absolute Gasteiger partial charge is 0.320 e. The number of amides is 1. The topological polar surface area (TPSA) is 102 Å². The molecule has 4 N–H and O–H groups in total. The van der Waals surface area contributed by atoms with Gasteiger partial charge in [-0.25, -0.2) is 4.39 Å². The van der Waals surface area contributed by atoms with Gasteiger partial charge in [0.2, 0.25) is 0 Å². The van der Waals surface area contributed by atoms with Crippen LogP contribution < -0.4 is 15.8 Å². The van der Waals surface area contributed by atoms with Crippen LogP contribution in [0.5, 0.6) is 5.75 Å². The molecule has 0 aliphatic carbocycles. The fourth-order valence-electron chi connectivity index (χ4n) is 1.92. The maximum absolute atomic E-state index is 13.9. The summed E-state index contributed by atoms with van der Waals surface area (Å²) in [6.45, 7) is 5.59. The zero-order valence-electron chi connectivity index (χ0n) is 13.5. The van der Waals surface area contributed by atoms with Crippen molar-refractivity contribution in [3.8, 4) is 5.75 Å². The van der Waals surface area contributed by atoms with Gasteiger partial charge in [0.15, 0.2) is 11.6 Å². The minimum Gasteiger partial charge on any atom is -0.493 e. The number of carbonyl (C=O) groups excluding carboxylic acids is 1. The lowest BCUT2D eigenvalue weighted by Gasteiger charge is -2.17. The molecular weight excluding hydrogens is 291 g/mol. The Morgan fingerprint density at radius 3 is 2.41 bits per heavy atom. The first-order chi connectivity index (χ1) is 10.3. The summed E-state index contributed by atoms with van der Waals surface area (Å²) in [5.74, 6) is -2.50. The third kappa shape index (κ3) is 4.42. The van der Waals surface area contributed by atoms with Crippen LogP contribution in [0.15, 0.2) is 6.07 Å². The van der Waals surface area contributed by atoms with E-state index in [0.717, 1.165) is 6.07 Å². The molecule has 1 atom stereocenters. The number of nitrogens with one attached hydrogen (secondary N) is 1. The number of methoxy groups -OCH3 is 1. The van der Waals surface area contributed by atoms with Crippen molar-refractivity contribution in [2.75, 3.05) is 14.2 Å². The number of carboxylic acid groups (broad SMARTS) is 1. The lowest BCUT2D eigenvalue weighted by atomic mass is 9.95. The van der Waals surface area contributed by atoms with Gasteiger partial charge in [-0.3, -0.25) is 9.59 Å². The Morgan fingerprint density at radius 2 is 2.00 bits per heavy atom. The third-order valence-corrected chi connectivity index (χ3v) is 3.04. The van der Waals surface area contributed by atoms with Gasteiger partial charge in [-0.1, -0.05) is 13.8 Å². The van der Waals surface area contributed by atoms with Crippen LogP contribution >= 0.6 is 0 Å². The van der Waals surface area contributed by atoms with E-state index in [9.17, 15) is 14.0 Å². The summed E-state index contributed by atoms with van der Waals surface area (Å²) in [7, 11) is 2.69. The molecule has 0 aromatic heterocycles. The molecule has 0 fully saturated rings. The number of rotatable bonds is 5. The lowest BCUT2D eigenvalue weighted by Crippen LogP contribution is -2.33. The molecule has 0 saturated heterocycles. The van der Waals surface area contributed by atoms with Crippen LogP contribution in [-0.4, -0.2) is 37.2 Å². The molecule has 0 spiro atoms. The Hall–Kier alpha value is -2.15. The number of aliphatic carboxylic acids is 1. The Balaban J connectivity index is 0.00000211. The zero-order valence-corrected chi connectivity index (χ0v) is 13.5. The van der Waals surface area contributed by atoms with Crippen molar-refractivity contribution in [2.24, 2.45) is 5.73 Å². The molecule has 1 unspecified atom stereocenters. The van der Waals surface area contributed by atoms with Gasteiger partial charge in [-0.05, 0) is 18.6 Å². The Labute approximate surface area is 129 Å². The first-order valence-electron chi connectivity index (χ1n) is 6.89. The summed E-state index contributed by atoms with van der Waals surface area (Å²) in [6.07, 6.45) is -0.133. The van der Waals surface area contributed by atoms with Gasteiger partial charge < -0.3 is 20.9 Å². The summed E-state index contributed by atoms with van der Waals surface area (Å²) in [6, 6.07) is -0.148. The minimum absolute atomic E-state index is 0.0909. The molecule has 0 saturated carbocycles. The lowest BCUT2D eigenvalue weighted by molar-refractivity contribution is -0.138. The van der Waals surface area contributed by atoms with Gasteiger partial charge in [-0.2, -0.15) is 0 Å². The van der Waals surface area contributed by atoms with Crippen LogP contribution in [0.4, 0.5) is 4.39 Å². The number of carbonyl (C=O) groups is 2. The maximum Gasteiger partial charge on any atom is 0.320 e. The maximum atomic E-state index is 13.9. The van der Waals surface area contributed by atoms with Gasteiger partial charge in [0.1, 0.15) is 6.04 Å². The Kier molecular flexibility index (Phi) is 8.11. The standard InChI is InChI=1S/C13H17FN2O4.C2H6/c1-6-7(5-10(15)13(18)19)11(20-3)9(14)4-8(6)12(17)16-2;1-2/h4,10H,5,15H2,1-3H3,(H,16,17)(H,18,19);1-2H3. The van der Waals surface area contributed by atoms with Gasteiger partial charge in [-0.15, -0.1) is 0 Å². The molecule has 0 heterocycles. The van der Waals surface area contributed by atoms with E-state index in [1.54, 1.807) is 6.92 Å². The number of hydrogen-bond acceptors (Lipinski definition) is 4. The number of ether oxygens (including phenoxy) is 1. The van der Waals surface area contributed by atoms with Crippen molar-refractivity contribution in [2.45, 2.75) is 33.2 Å². The first-order valence-corrected chi connectivity index (χ1v) is 6.89. The van der Waals surface area contributed by atoms with Crippen LogP contribution in [0.3, 0.4) is 0 Å². The molecule has 0 aliphatic rings. The average Bonchev–Trinajstić information content (AvgIpc) is 2.51. The largest absolute Gasteiger partial charge is 0.493 e. The van der Waals surface area contributed by atoms with Crippen LogP contribution in [0, 0.1) is 12.7 Å². The molecule has 6 nitrogen and oxygen atoms in total. The van der Waals surface area contributed by atoms with E-state index in [1.165, 1.54) is 14.2 Å². The van der Waals surface area contributed by atoms with Crippen molar-refractivity contribution in [1.29, 1.82) is 0 Å². The number of halogens is 1. The van der Waals surface area contributed by atoms with Gasteiger partial charge in [0.05, 0.1) is 7.11 Å². The SMILES string of the molecule is CC.CNC(=O)c1cc(F)c(OC)c(CC(N)C(=O)O)c1C. The average molecular weight is 314 g/mol. The fraction of sp³-hybridized carbons (Fsp3) is 0.467. The molecule has 7 heteroatoms. The second kappa shape index (κ2) is 8.99. The number of carboxylic acids is 1. The number of nitrogens with two attached hydrogens (primary N) is 1. The van der Waals surface area contributed by atoms with Crippen molar-refractivity contribution >= 4 is 11.9 Å². The highest BCUT2D eigenvalue weighted by Gasteiger charge is 2.23. The molecular formula is C15H23FN2O4. The molecule has 1 rings (SSSR count). The molecule has 1 aromatic carbocycles. The normalized spacial score (nSPS) is 11.0. The van der Waals surface area contributed by atoms with Crippen LogP contribution in [-0.2, 0) is 11.2 Å². The van der Waals surface area contributed by atoms with Crippen LogP contribution in [0.1, 0.15) is 35.3 Å². The van der Waals surface area contributed by atoms with Crippen molar-refractivity contribution < 1.29 is 23.8 Å². The van der Waals surface area contributed by atoms with E-state index in [1.807, 2.05) is 13.8 Å². The molecule has 0 aliphatic heterocycles. The Bertz CT molecular complexity index is 547. The van der Waals surface area contributed by atoms with E-state index in [-0.39, 0.29) is 23.3 Å². The van der Waals surface area contributed by atoms with E-state index in [2.05, 4.69) is 5.32 Å². The number of benzene rings is 1. The summed E-state index contributed by atoms with van der Waals surface area (Å²) < 4.78 is 18.9.